The van der Waals surface area contributed by atoms with Crippen LogP contribution in [0.1, 0.15) is 36.4 Å². The van der Waals surface area contributed by atoms with Crippen molar-refractivity contribution in [3.63, 3.8) is 0 Å². The zero-order valence-electron chi connectivity index (χ0n) is 14.3. The average molecular weight is 360 g/mol. The van der Waals surface area contributed by atoms with Crippen LogP contribution in [0.25, 0.3) is 16.3 Å². The summed E-state index contributed by atoms with van der Waals surface area (Å²) in [5.74, 6) is 0.261. The molecule has 0 radical (unpaired) electrons. The molecule has 1 heterocycles. The second-order valence-electron chi connectivity index (χ2n) is 7.01. The van der Waals surface area contributed by atoms with Crippen LogP contribution in [0, 0.1) is 0 Å². The van der Waals surface area contributed by atoms with Crippen molar-refractivity contribution in [2.24, 2.45) is 0 Å². The van der Waals surface area contributed by atoms with Crippen LogP contribution in [0.2, 0.25) is 5.02 Å². The van der Waals surface area contributed by atoms with E-state index in [4.69, 9.17) is 11.6 Å². The van der Waals surface area contributed by atoms with Crippen LogP contribution < -0.4 is 5.32 Å². The van der Waals surface area contributed by atoms with E-state index in [1.165, 1.54) is 21.9 Å². The topological polar surface area (TPSA) is 29.1 Å². The van der Waals surface area contributed by atoms with Gasteiger partial charge in [0.25, 0.3) is 0 Å². The molecule has 3 aromatic carbocycles. The second-order valence-corrected chi connectivity index (χ2v) is 7.44. The van der Waals surface area contributed by atoms with Crippen molar-refractivity contribution in [3.05, 3.63) is 82.4 Å². The van der Waals surface area contributed by atoms with E-state index >= 15 is 0 Å². The first kappa shape index (κ1) is 15.7. The van der Waals surface area contributed by atoms with E-state index in [-0.39, 0.29) is 11.8 Å². The van der Waals surface area contributed by atoms with Crippen LogP contribution in [-0.4, -0.2) is 5.78 Å². The molecule has 0 amide bonds. The number of hydrogen-bond donors (Lipinski definition) is 1. The number of halogens is 1. The number of anilines is 1. The molecule has 0 spiro atoms. The van der Waals surface area contributed by atoms with E-state index in [2.05, 4.69) is 41.7 Å². The van der Waals surface area contributed by atoms with Gasteiger partial charge in [0.1, 0.15) is 0 Å². The van der Waals surface area contributed by atoms with Gasteiger partial charge in [0, 0.05) is 28.3 Å². The standard InChI is InChI=1S/C23H18ClNO/c24-16-11-8-15(9-12-16)23-22-18(6-3-7-20(22)26)21-17-5-2-1-4-14(17)10-13-19(21)25-23/h1-2,4-5,8-13,23,25H,3,6-7H2. The molecule has 26 heavy (non-hydrogen) atoms. The summed E-state index contributed by atoms with van der Waals surface area (Å²) in [5.41, 5.74) is 5.54. The Morgan fingerprint density at radius 3 is 2.58 bits per heavy atom. The lowest BCUT2D eigenvalue weighted by atomic mass is 9.77. The Bertz CT molecular complexity index is 1070. The number of carbonyl (C=O) groups is 1. The Labute approximate surface area is 157 Å². The molecule has 0 aromatic heterocycles. The summed E-state index contributed by atoms with van der Waals surface area (Å²) in [6.07, 6.45) is 2.51. The maximum absolute atomic E-state index is 12.9. The summed E-state index contributed by atoms with van der Waals surface area (Å²) < 4.78 is 0. The summed E-state index contributed by atoms with van der Waals surface area (Å²) in [5, 5.41) is 6.77. The first-order valence-electron chi connectivity index (χ1n) is 9.03. The minimum Gasteiger partial charge on any atom is -0.373 e. The van der Waals surface area contributed by atoms with Gasteiger partial charge in [-0.15, -0.1) is 0 Å². The minimum absolute atomic E-state index is 0.108. The number of carbonyl (C=O) groups excluding carboxylic acids is 1. The van der Waals surface area contributed by atoms with Gasteiger partial charge in [0.2, 0.25) is 0 Å². The van der Waals surface area contributed by atoms with E-state index in [0.717, 1.165) is 29.7 Å². The van der Waals surface area contributed by atoms with Crippen molar-refractivity contribution in [3.8, 4) is 0 Å². The number of hydrogen-bond acceptors (Lipinski definition) is 2. The number of benzene rings is 3. The first-order valence-corrected chi connectivity index (χ1v) is 9.40. The second kappa shape index (κ2) is 6.00. The van der Waals surface area contributed by atoms with Crippen LogP contribution in [0.5, 0.6) is 0 Å². The van der Waals surface area contributed by atoms with E-state index < -0.39 is 0 Å². The summed E-state index contributed by atoms with van der Waals surface area (Å²) in [6.45, 7) is 0. The number of Topliss-reactive ketones (excluding diaryl/α,β-unsaturated/α-hetero) is 1. The lowest BCUT2D eigenvalue weighted by molar-refractivity contribution is -0.116. The highest BCUT2D eigenvalue weighted by Gasteiger charge is 2.34. The Hall–Kier alpha value is -2.58. The number of ketones is 1. The van der Waals surface area contributed by atoms with Gasteiger partial charge in [-0.05, 0) is 52.9 Å². The van der Waals surface area contributed by atoms with Gasteiger partial charge in [0.15, 0.2) is 5.78 Å². The molecule has 3 aromatic rings. The molecule has 1 atom stereocenters. The van der Waals surface area contributed by atoms with Crippen LogP contribution in [0.3, 0.4) is 0 Å². The maximum Gasteiger partial charge on any atom is 0.161 e. The smallest absolute Gasteiger partial charge is 0.161 e. The fraction of sp³-hybridized carbons (Fsp3) is 0.174. The van der Waals surface area contributed by atoms with Crippen molar-refractivity contribution < 1.29 is 4.79 Å². The van der Waals surface area contributed by atoms with E-state index in [9.17, 15) is 4.79 Å². The molecule has 0 saturated carbocycles. The van der Waals surface area contributed by atoms with Crippen molar-refractivity contribution >= 4 is 39.4 Å². The third kappa shape index (κ3) is 2.37. The van der Waals surface area contributed by atoms with Crippen molar-refractivity contribution in [2.75, 3.05) is 5.32 Å². The molecule has 0 bridgehead atoms. The summed E-state index contributed by atoms with van der Waals surface area (Å²) in [7, 11) is 0. The third-order valence-electron chi connectivity index (χ3n) is 5.48. The Morgan fingerprint density at radius 2 is 1.73 bits per heavy atom. The molecule has 5 rings (SSSR count). The third-order valence-corrected chi connectivity index (χ3v) is 5.73. The SMILES string of the molecule is O=C1CCCC2=C1C(c1ccc(Cl)cc1)Nc1ccc3ccccc3c12. The predicted octanol–water partition coefficient (Wildman–Crippen LogP) is 6.17. The zero-order chi connectivity index (χ0) is 17.7. The lowest BCUT2D eigenvalue weighted by Gasteiger charge is -2.35. The van der Waals surface area contributed by atoms with Crippen LogP contribution in [0.15, 0.2) is 66.2 Å². The first-order chi connectivity index (χ1) is 12.7. The van der Waals surface area contributed by atoms with Crippen molar-refractivity contribution in [1.29, 1.82) is 0 Å². The van der Waals surface area contributed by atoms with Gasteiger partial charge >= 0.3 is 0 Å². The highest BCUT2D eigenvalue weighted by atomic mass is 35.5. The van der Waals surface area contributed by atoms with Crippen LogP contribution in [0.4, 0.5) is 5.69 Å². The summed E-state index contributed by atoms with van der Waals surface area (Å²) in [6, 6.07) is 20.4. The Balaban J connectivity index is 1.78. The van der Waals surface area contributed by atoms with Crippen LogP contribution >= 0.6 is 11.6 Å². The summed E-state index contributed by atoms with van der Waals surface area (Å²) in [4.78, 5) is 12.9. The number of nitrogens with one attached hydrogen (secondary N) is 1. The van der Waals surface area contributed by atoms with Gasteiger partial charge in [-0.1, -0.05) is 54.1 Å². The van der Waals surface area contributed by atoms with Gasteiger partial charge in [-0.25, -0.2) is 0 Å². The van der Waals surface area contributed by atoms with Crippen LogP contribution in [-0.2, 0) is 4.79 Å². The van der Waals surface area contributed by atoms with Gasteiger partial charge < -0.3 is 5.32 Å². The predicted molar refractivity (Wildman–Crippen MR) is 108 cm³/mol. The fourth-order valence-electron chi connectivity index (χ4n) is 4.31. The Morgan fingerprint density at radius 1 is 0.923 bits per heavy atom. The van der Waals surface area contributed by atoms with Gasteiger partial charge in [0.05, 0.1) is 6.04 Å². The number of fused-ring (bicyclic) bond motifs is 4. The van der Waals surface area contributed by atoms with Gasteiger partial charge in [-0.2, -0.15) is 0 Å². The number of allylic oxidation sites excluding steroid dienone is 1. The summed E-state index contributed by atoms with van der Waals surface area (Å²) >= 11 is 6.06. The minimum atomic E-state index is -0.108. The van der Waals surface area contributed by atoms with E-state index in [0.29, 0.717) is 11.4 Å². The molecule has 3 heteroatoms. The number of rotatable bonds is 1. The van der Waals surface area contributed by atoms with Crippen molar-refractivity contribution in [2.45, 2.75) is 25.3 Å². The zero-order valence-corrected chi connectivity index (χ0v) is 15.0. The van der Waals surface area contributed by atoms with Gasteiger partial charge in [-0.3, -0.25) is 4.79 Å². The molecule has 0 saturated heterocycles. The fourth-order valence-corrected chi connectivity index (χ4v) is 4.43. The quantitative estimate of drug-likeness (QED) is 0.563. The maximum atomic E-state index is 12.9. The lowest BCUT2D eigenvalue weighted by Crippen LogP contribution is -2.27. The molecule has 1 aliphatic carbocycles. The monoisotopic (exact) mass is 359 g/mol. The molecule has 1 unspecified atom stereocenters. The van der Waals surface area contributed by atoms with E-state index in [1.807, 2.05) is 24.3 Å². The highest BCUT2D eigenvalue weighted by molar-refractivity contribution is 6.30. The molecule has 1 N–H and O–H groups in total. The molecular weight excluding hydrogens is 342 g/mol. The largest absolute Gasteiger partial charge is 0.373 e. The molecule has 0 fully saturated rings. The Kier molecular flexibility index (Phi) is 3.61. The highest BCUT2D eigenvalue weighted by Crippen LogP contribution is 2.47. The molecule has 2 nitrogen and oxygen atoms in total. The molecule has 1 aliphatic heterocycles. The van der Waals surface area contributed by atoms with E-state index in [1.54, 1.807) is 0 Å². The normalized spacial score (nSPS) is 19.1. The molecule has 128 valence electrons. The average Bonchev–Trinajstić information content (AvgIpc) is 2.68. The van der Waals surface area contributed by atoms with Crippen molar-refractivity contribution in [1.82, 2.24) is 0 Å². The molecular formula is C23H18ClNO. The molecule has 2 aliphatic rings.